The number of rotatable bonds is 5. The Morgan fingerprint density at radius 3 is 2.53 bits per heavy atom. The minimum Gasteiger partial charge on any atom is -0.326 e. The van der Waals surface area contributed by atoms with Gasteiger partial charge in [-0.3, -0.25) is 0 Å². The van der Waals surface area contributed by atoms with Gasteiger partial charge < -0.3 is 9.13 Å². The fraction of sp³-hybridized carbons (Fsp3) is 0.438. The summed E-state index contributed by atoms with van der Waals surface area (Å²) in [6.07, 6.45) is 7.61. The van der Waals surface area contributed by atoms with E-state index in [0.29, 0.717) is 0 Å². The predicted octanol–water partition coefficient (Wildman–Crippen LogP) is 3.24. The summed E-state index contributed by atoms with van der Waals surface area (Å²) >= 11 is 1.97. The van der Waals surface area contributed by atoms with Crippen LogP contribution in [0.3, 0.4) is 0 Å². The van der Waals surface area contributed by atoms with Crippen molar-refractivity contribution in [2.45, 2.75) is 34.2 Å². The van der Waals surface area contributed by atoms with E-state index in [0.717, 1.165) is 12.3 Å². The molecule has 102 valence electrons. The fourth-order valence-electron chi connectivity index (χ4n) is 2.46. The number of hydrogen-bond acceptors (Lipinski definition) is 1. The molecule has 0 spiro atoms. The number of imidazole rings is 1. The predicted molar refractivity (Wildman–Crippen MR) is 82.0 cm³/mol. The van der Waals surface area contributed by atoms with Crippen molar-refractivity contribution in [1.82, 2.24) is 4.57 Å². The average Bonchev–Trinajstić information content (AvgIpc) is 2.76. The smallest absolute Gasteiger partial charge is 0.243 e. The molecular formula is C16H22N2S. The lowest BCUT2D eigenvalue weighted by atomic mass is 10.1. The highest BCUT2D eigenvalue weighted by Crippen LogP contribution is 2.15. The molecule has 0 saturated heterocycles. The van der Waals surface area contributed by atoms with Crippen LogP contribution in [0.2, 0.25) is 0 Å². The molecule has 1 aromatic heterocycles. The van der Waals surface area contributed by atoms with Crippen molar-refractivity contribution in [1.29, 1.82) is 0 Å². The third-order valence-electron chi connectivity index (χ3n) is 3.19. The maximum Gasteiger partial charge on any atom is 0.243 e. The first-order valence-electron chi connectivity index (χ1n) is 6.78. The van der Waals surface area contributed by atoms with Gasteiger partial charge in [0.25, 0.3) is 0 Å². The van der Waals surface area contributed by atoms with E-state index in [2.05, 4.69) is 67.7 Å². The van der Waals surface area contributed by atoms with Crippen molar-refractivity contribution >= 4 is 11.8 Å². The molecule has 0 saturated carbocycles. The Balaban J connectivity index is 2.23. The lowest BCUT2D eigenvalue weighted by molar-refractivity contribution is -0.600. The highest BCUT2D eigenvalue weighted by Gasteiger charge is 2.06. The van der Waals surface area contributed by atoms with Crippen molar-refractivity contribution in [3.63, 3.8) is 0 Å². The maximum absolute atomic E-state index is 3.41. The summed E-state index contributed by atoms with van der Waals surface area (Å²) in [5.74, 6) is 2.32. The molecule has 0 aliphatic heterocycles. The van der Waals surface area contributed by atoms with Crippen LogP contribution in [-0.4, -0.2) is 16.1 Å². The van der Waals surface area contributed by atoms with E-state index in [4.69, 9.17) is 0 Å². The third kappa shape index (κ3) is 3.41. The van der Waals surface area contributed by atoms with Crippen LogP contribution >= 0.6 is 11.8 Å². The van der Waals surface area contributed by atoms with Gasteiger partial charge in [-0.2, -0.15) is 11.8 Å². The highest BCUT2D eigenvalue weighted by molar-refractivity contribution is 7.99. The lowest BCUT2D eigenvalue weighted by Crippen LogP contribution is -2.31. The second-order valence-corrected chi connectivity index (χ2v) is 6.30. The SMILES string of the molecule is CCSCCn1[c-][n+](-c2c(C)cc(C)cc2C)cc1. The molecule has 0 unspecified atom stereocenters. The Kier molecular flexibility index (Phi) is 4.70. The van der Waals surface area contributed by atoms with Crippen molar-refractivity contribution in [3.05, 3.63) is 47.5 Å². The largest absolute Gasteiger partial charge is 0.326 e. The first kappa shape index (κ1) is 14.2. The molecule has 0 fully saturated rings. The van der Waals surface area contributed by atoms with Crippen molar-refractivity contribution in [3.8, 4) is 5.69 Å². The minimum atomic E-state index is 1.02. The summed E-state index contributed by atoms with van der Waals surface area (Å²) in [6, 6.07) is 4.46. The van der Waals surface area contributed by atoms with Crippen molar-refractivity contribution < 1.29 is 4.57 Å². The Hall–Kier alpha value is -1.22. The summed E-state index contributed by atoms with van der Waals surface area (Å²) in [6.45, 7) is 9.70. The van der Waals surface area contributed by atoms with Gasteiger partial charge in [0.1, 0.15) is 0 Å². The average molecular weight is 274 g/mol. The monoisotopic (exact) mass is 274 g/mol. The van der Waals surface area contributed by atoms with E-state index < -0.39 is 0 Å². The summed E-state index contributed by atoms with van der Waals surface area (Å²) in [4.78, 5) is 0. The minimum absolute atomic E-state index is 1.02. The van der Waals surface area contributed by atoms with E-state index >= 15 is 0 Å². The van der Waals surface area contributed by atoms with Gasteiger partial charge in [-0.15, -0.1) is 0 Å². The van der Waals surface area contributed by atoms with Crippen LogP contribution in [0, 0.1) is 27.1 Å². The number of aromatic nitrogens is 2. The van der Waals surface area contributed by atoms with Gasteiger partial charge in [-0.1, -0.05) is 24.6 Å². The number of aryl methyl sites for hydroxylation is 4. The molecular weight excluding hydrogens is 252 g/mol. The van der Waals surface area contributed by atoms with E-state index in [1.54, 1.807) is 0 Å². The Morgan fingerprint density at radius 1 is 1.21 bits per heavy atom. The van der Waals surface area contributed by atoms with Crippen LogP contribution in [0.15, 0.2) is 24.5 Å². The standard InChI is InChI=1S/C16H22N2S/c1-5-19-9-8-17-6-7-18(12-17)16-14(3)10-13(2)11-15(16)4/h6-7,10-11H,5,8-9H2,1-4H3. The zero-order chi connectivity index (χ0) is 13.8. The van der Waals surface area contributed by atoms with Crippen LogP contribution in [0.25, 0.3) is 5.69 Å². The summed E-state index contributed by atoms with van der Waals surface area (Å²) in [5.41, 5.74) is 5.18. The number of benzene rings is 1. The number of nitrogens with zero attached hydrogens (tertiary/aromatic N) is 2. The molecule has 0 radical (unpaired) electrons. The molecule has 0 bridgehead atoms. The molecule has 0 atom stereocenters. The van der Waals surface area contributed by atoms with Gasteiger partial charge in [-0.05, 0) is 37.7 Å². The Morgan fingerprint density at radius 2 is 1.89 bits per heavy atom. The molecule has 0 aliphatic rings. The normalized spacial score (nSPS) is 10.9. The van der Waals surface area contributed by atoms with Crippen LogP contribution in [0.5, 0.6) is 0 Å². The van der Waals surface area contributed by atoms with E-state index in [1.165, 1.54) is 28.1 Å². The van der Waals surface area contributed by atoms with Crippen LogP contribution in [-0.2, 0) is 6.54 Å². The highest BCUT2D eigenvalue weighted by atomic mass is 32.2. The number of hydrogen-bond donors (Lipinski definition) is 0. The first-order chi connectivity index (χ1) is 9.11. The molecule has 19 heavy (non-hydrogen) atoms. The topological polar surface area (TPSA) is 8.81 Å². The van der Waals surface area contributed by atoms with Gasteiger partial charge in [0.05, 0.1) is 12.2 Å². The molecule has 3 heteroatoms. The van der Waals surface area contributed by atoms with Crippen LogP contribution in [0.4, 0.5) is 0 Å². The molecule has 2 nitrogen and oxygen atoms in total. The van der Waals surface area contributed by atoms with Gasteiger partial charge in [-0.25, -0.2) is 0 Å². The molecule has 0 amide bonds. The molecule has 0 aliphatic carbocycles. The van der Waals surface area contributed by atoms with Crippen molar-refractivity contribution in [2.24, 2.45) is 0 Å². The lowest BCUT2D eigenvalue weighted by Gasteiger charge is -2.12. The third-order valence-corrected chi connectivity index (χ3v) is 4.07. The fourth-order valence-corrected chi connectivity index (χ4v) is 3.08. The van der Waals surface area contributed by atoms with Crippen LogP contribution < -0.4 is 4.57 Å². The zero-order valence-corrected chi connectivity index (χ0v) is 13.0. The molecule has 0 N–H and O–H groups in total. The molecule has 1 heterocycles. The maximum atomic E-state index is 3.41. The van der Waals surface area contributed by atoms with E-state index in [1.807, 2.05) is 11.8 Å². The van der Waals surface area contributed by atoms with E-state index in [9.17, 15) is 0 Å². The van der Waals surface area contributed by atoms with E-state index in [-0.39, 0.29) is 0 Å². The first-order valence-corrected chi connectivity index (χ1v) is 7.93. The van der Waals surface area contributed by atoms with Gasteiger partial charge in [0.15, 0.2) is 0 Å². The Labute approximate surface area is 120 Å². The summed E-state index contributed by atoms with van der Waals surface area (Å²) < 4.78 is 4.25. The van der Waals surface area contributed by atoms with Crippen molar-refractivity contribution in [2.75, 3.05) is 11.5 Å². The quantitative estimate of drug-likeness (QED) is 0.462. The second kappa shape index (κ2) is 6.29. The van der Waals surface area contributed by atoms with Gasteiger partial charge in [0.2, 0.25) is 6.33 Å². The van der Waals surface area contributed by atoms with Gasteiger partial charge >= 0.3 is 0 Å². The summed E-state index contributed by atoms with van der Waals surface area (Å²) in [5, 5.41) is 0. The molecule has 2 rings (SSSR count). The number of thioether (sulfide) groups is 1. The summed E-state index contributed by atoms with van der Waals surface area (Å²) in [7, 11) is 0. The van der Waals surface area contributed by atoms with Gasteiger partial charge in [0, 0.05) is 18.1 Å². The molecule has 1 aromatic carbocycles. The zero-order valence-electron chi connectivity index (χ0n) is 12.2. The molecule has 2 aromatic rings. The second-order valence-electron chi connectivity index (χ2n) is 4.91. The Bertz CT molecular complexity index is 535. The van der Waals surface area contributed by atoms with Crippen LogP contribution in [0.1, 0.15) is 23.6 Å².